The SMILES string of the molecule is COc1nc(C)c(-c2ccc3nc(N)c(Br)cc3c2)cc1NS(=O)(=O)c1ccc(F)cc1F. The number of sulfonamides is 1. The number of hydrogen-bond acceptors (Lipinski definition) is 6. The molecule has 33 heavy (non-hydrogen) atoms. The lowest BCUT2D eigenvalue weighted by molar-refractivity contribution is 0.399. The average molecular weight is 535 g/mol. The topological polar surface area (TPSA) is 107 Å². The molecule has 0 spiro atoms. The molecule has 7 nitrogen and oxygen atoms in total. The fourth-order valence-corrected chi connectivity index (χ4v) is 4.77. The molecule has 170 valence electrons. The van der Waals surface area contributed by atoms with Crippen molar-refractivity contribution in [3.05, 3.63) is 70.3 Å². The number of methoxy groups -OCH3 is 1. The summed E-state index contributed by atoms with van der Waals surface area (Å²) in [5.41, 5.74) is 8.45. The molecule has 0 atom stereocenters. The molecule has 3 N–H and O–H groups in total. The number of nitrogens with two attached hydrogens (primary N) is 1. The molecule has 0 aliphatic heterocycles. The maximum Gasteiger partial charge on any atom is 0.264 e. The summed E-state index contributed by atoms with van der Waals surface area (Å²) in [6.45, 7) is 1.75. The Hall–Kier alpha value is -3.31. The molecule has 2 heterocycles. The largest absolute Gasteiger partial charge is 0.479 e. The van der Waals surface area contributed by atoms with Gasteiger partial charge < -0.3 is 10.5 Å². The molecule has 4 rings (SSSR count). The highest BCUT2D eigenvalue weighted by atomic mass is 79.9. The van der Waals surface area contributed by atoms with Gasteiger partial charge >= 0.3 is 0 Å². The first-order chi connectivity index (χ1) is 15.6. The summed E-state index contributed by atoms with van der Waals surface area (Å²) in [4.78, 5) is 7.96. The van der Waals surface area contributed by atoms with E-state index in [0.717, 1.165) is 23.1 Å². The smallest absolute Gasteiger partial charge is 0.264 e. The van der Waals surface area contributed by atoms with Crippen molar-refractivity contribution in [3.63, 3.8) is 0 Å². The third kappa shape index (κ3) is 4.46. The zero-order valence-corrected chi connectivity index (χ0v) is 19.8. The summed E-state index contributed by atoms with van der Waals surface area (Å²) in [6, 6.07) is 11.0. The lowest BCUT2D eigenvalue weighted by Crippen LogP contribution is -2.16. The summed E-state index contributed by atoms with van der Waals surface area (Å²) >= 11 is 3.36. The molecule has 0 saturated carbocycles. The number of hydrogen-bond donors (Lipinski definition) is 2. The Balaban J connectivity index is 1.81. The van der Waals surface area contributed by atoms with Crippen LogP contribution in [-0.4, -0.2) is 25.5 Å². The van der Waals surface area contributed by atoms with Gasteiger partial charge in [0.25, 0.3) is 10.0 Å². The van der Waals surface area contributed by atoms with Gasteiger partial charge in [-0.3, -0.25) is 4.72 Å². The fraction of sp³-hybridized carbons (Fsp3) is 0.0909. The van der Waals surface area contributed by atoms with Crippen LogP contribution in [-0.2, 0) is 10.0 Å². The van der Waals surface area contributed by atoms with Gasteiger partial charge in [0.15, 0.2) is 0 Å². The second-order valence-corrected chi connectivity index (χ2v) is 9.63. The van der Waals surface area contributed by atoms with E-state index in [1.165, 1.54) is 7.11 Å². The summed E-state index contributed by atoms with van der Waals surface area (Å²) in [6.07, 6.45) is 0. The second-order valence-electron chi connectivity index (χ2n) is 7.12. The van der Waals surface area contributed by atoms with Crippen molar-refractivity contribution >= 4 is 48.4 Å². The molecule has 4 aromatic rings. The number of anilines is 2. The Morgan fingerprint density at radius 2 is 1.82 bits per heavy atom. The van der Waals surface area contributed by atoms with Crippen LogP contribution < -0.4 is 15.2 Å². The lowest BCUT2D eigenvalue weighted by Gasteiger charge is -2.15. The quantitative estimate of drug-likeness (QED) is 0.371. The normalized spacial score (nSPS) is 11.5. The standard InChI is InChI=1S/C22H17BrF2N4O3S/c1-11-15(12-3-5-18-13(7-12)8-16(23)21(26)28-18)10-19(22(27-11)32-2)29-33(30,31)20-6-4-14(24)9-17(20)25/h3-10,29H,1-2H3,(H2,26,28). The first-order valence-corrected chi connectivity index (χ1v) is 11.8. The Morgan fingerprint density at radius 1 is 1.06 bits per heavy atom. The molecule has 0 aliphatic rings. The van der Waals surface area contributed by atoms with Crippen LogP contribution in [0.2, 0.25) is 0 Å². The number of halogens is 3. The van der Waals surface area contributed by atoms with Crippen molar-refractivity contribution in [2.75, 3.05) is 17.6 Å². The number of fused-ring (bicyclic) bond motifs is 1. The highest BCUT2D eigenvalue weighted by Crippen LogP contribution is 2.35. The molecule has 0 amide bonds. The van der Waals surface area contributed by atoms with E-state index in [1.807, 2.05) is 12.1 Å². The van der Waals surface area contributed by atoms with Crippen LogP contribution in [0.3, 0.4) is 0 Å². The van der Waals surface area contributed by atoms with Crippen molar-refractivity contribution in [3.8, 4) is 17.0 Å². The number of nitrogens with zero attached hydrogens (tertiary/aromatic N) is 2. The molecule has 0 unspecified atom stereocenters. The van der Waals surface area contributed by atoms with Gasteiger partial charge in [-0.15, -0.1) is 0 Å². The number of pyridine rings is 2. The number of rotatable bonds is 5. The van der Waals surface area contributed by atoms with Crippen molar-refractivity contribution in [1.82, 2.24) is 9.97 Å². The van der Waals surface area contributed by atoms with Crippen molar-refractivity contribution < 1.29 is 21.9 Å². The average Bonchev–Trinajstić information content (AvgIpc) is 2.74. The van der Waals surface area contributed by atoms with Gasteiger partial charge in [-0.1, -0.05) is 6.07 Å². The van der Waals surface area contributed by atoms with Crippen LogP contribution in [0.4, 0.5) is 20.3 Å². The van der Waals surface area contributed by atoms with Gasteiger partial charge in [-0.05, 0) is 64.8 Å². The number of ether oxygens (including phenoxy) is 1. The van der Waals surface area contributed by atoms with Crippen molar-refractivity contribution in [2.24, 2.45) is 0 Å². The van der Waals surface area contributed by atoms with Gasteiger partial charge in [-0.25, -0.2) is 27.2 Å². The summed E-state index contributed by atoms with van der Waals surface area (Å²) in [5, 5.41) is 0.805. The third-order valence-corrected chi connectivity index (χ3v) is 6.94. The summed E-state index contributed by atoms with van der Waals surface area (Å²) in [5.74, 6) is -1.74. The minimum Gasteiger partial charge on any atom is -0.479 e. The third-order valence-electron chi connectivity index (χ3n) is 4.91. The first kappa shape index (κ1) is 22.9. The highest BCUT2D eigenvalue weighted by molar-refractivity contribution is 9.10. The van der Waals surface area contributed by atoms with Crippen LogP contribution in [0.15, 0.2) is 57.9 Å². The van der Waals surface area contributed by atoms with E-state index in [-0.39, 0.29) is 11.6 Å². The molecule has 0 aliphatic carbocycles. The van der Waals surface area contributed by atoms with E-state index in [2.05, 4.69) is 30.6 Å². The second kappa shape index (κ2) is 8.56. The van der Waals surface area contributed by atoms with Gasteiger partial charge in [0.05, 0.1) is 17.1 Å². The van der Waals surface area contributed by atoms with Gasteiger partial charge in [0, 0.05) is 22.7 Å². The minimum absolute atomic E-state index is 0.000295. The molecular formula is C22H17BrF2N4O3S. The number of benzene rings is 2. The Morgan fingerprint density at radius 3 is 2.52 bits per heavy atom. The van der Waals surface area contributed by atoms with Crippen LogP contribution in [0.1, 0.15) is 5.69 Å². The van der Waals surface area contributed by atoms with E-state index < -0.39 is 26.6 Å². The van der Waals surface area contributed by atoms with Crippen LogP contribution >= 0.6 is 15.9 Å². The molecule has 2 aromatic heterocycles. The molecule has 0 bridgehead atoms. The molecule has 0 saturated heterocycles. The lowest BCUT2D eigenvalue weighted by atomic mass is 10.0. The number of nitrogen functional groups attached to an aromatic ring is 1. The predicted molar refractivity (Wildman–Crippen MR) is 126 cm³/mol. The van der Waals surface area contributed by atoms with E-state index in [1.54, 1.807) is 25.1 Å². The maximum atomic E-state index is 14.1. The number of aromatic nitrogens is 2. The van der Waals surface area contributed by atoms with Gasteiger partial charge in [-0.2, -0.15) is 0 Å². The Labute approximate surface area is 196 Å². The summed E-state index contributed by atoms with van der Waals surface area (Å²) < 4.78 is 61.1. The van der Waals surface area contributed by atoms with E-state index in [9.17, 15) is 17.2 Å². The van der Waals surface area contributed by atoms with E-state index in [4.69, 9.17) is 10.5 Å². The highest BCUT2D eigenvalue weighted by Gasteiger charge is 2.23. The molecule has 0 fully saturated rings. The predicted octanol–water partition coefficient (Wildman–Crippen LogP) is 5.04. The van der Waals surface area contributed by atoms with E-state index >= 15 is 0 Å². The fourth-order valence-electron chi connectivity index (χ4n) is 3.33. The first-order valence-electron chi connectivity index (χ1n) is 9.48. The van der Waals surface area contributed by atoms with Crippen LogP contribution in [0, 0.1) is 18.6 Å². The number of nitrogens with one attached hydrogen (secondary N) is 1. The summed E-state index contributed by atoms with van der Waals surface area (Å²) in [7, 11) is -3.06. The number of aryl methyl sites for hydroxylation is 1. The zero-order valence-electron chi connectivity index (χ0n) is 17.4. The Bertz CT molecular complexity index is 1510. The van der Waals surface area contributed by atoms with Gasteiger partial charge in [0.1, 0.15) is 28.0 Å². The monoisotopic (exact) mass is 534 g/mol. The van der Waals surface area contributed by atoms with Crippen molar-refractivity contribution in [2.45, 2.75) is 11.8 Å². The molecular weight excluding hydrogens is 518 g/mol. The maximum absolute atomic E-state index is 14.1. The van der Waals surface area contributed by atoms with Gasteiger partial charge in [0.2, 0.25) is 5.88 Å². The van der Waals surface area contributed by atoms with Crippen molar-refractivity contribution in [1.29, 1.82) is 0 Å². The molecule has 0 radical (unpaired) electrons. The molecule has 2 aromatic carbocycles. The molecule has 11 heteroatoms. The van der Waals surface area contributed by atoms with E-state index in [0.29, 0.717) is 33.1 Å². The zero-order chi connectivity index (χ0) is 23.9. The van der Waals surface area contributed by atoms with Crippen LogP contribution in [0.5, 0.6) is 5.88 Å². The Kier molecular flexibility index (Phi) is 5.93. The minimum atomic E-state index is -4.39. The van der Waals surface area contributed by atoms with Crippen LogP contribution in [0.25, 0.3) is 22.0 Å².